The molecule has 0 aliphatic rings. The average molecular weight is 453 g/mol. The van der Waals surface area contributed by atoms with Crippen molar-refractivity contribution in [1.82, 2.24) is 0 Å². The van der Waals surface area contributed by atoms with Crippen molar-refractivity contribution in [3.8, 4) is 0 Å². The smallest absolute Gasteiger partial charge is 0 e. The molecule has 0 bridgehead atoms. The molecule has 0 fully saturated rings. The molecular formula is CoFeMoNiW. The molecule has 0 aromatic carbocycles. The molecular weight excluding hydrogens is 453 g/mol. The molecule has 0 nitrogen and oxygen atoms in total. The Morgan fingerprint density at radius 3 is 1.00 bits per heavy atom. The number of rotatable bonds is 0. The van der Waals surface area contributed by atoms with Gasteiger partial charge >= 0.3 is 0 Å². The van der Waals surface area contributed by atoms with Crippen molar-refractivity contribution >= 4 is 0 Å². The van der Waals surface area contributed by atoms with Gasteiger partial charge in [0.1, 0.15) is 0 Å². The minimum atomic E-state index is 0. The van der Waals surface area contributed by atoms with Crippen LogP contribution in [0.1, 0.15) is 0 Å². The van der Waals surface area contributed by atoms with Crippen molar-refractivity contribution in [2.45, 2.75) is 0 Å². The summed E-state index contributed by atoms with van der Waals surface area (Å²) >= 11 is 0. The Kier molecular flexibility index (Phi) is 256. The Morgan fingerprint density at radius 2 is 1.00 bits per heavy atom. The molecule has 0 unspecified atom stereocenters. The van der Waals surface area contributed by atoms with Crippen LogP contribution in [0, 0.1) is 0 Å². The summed E-state index contributed by atoms with van der Waals surface area (Å²) in [6.45, 7) is 0. The second-order valence-corrected chi connectivity index (χ2v) is 0. The van der Waals surface area contributed by atoms with Gasteiger partial charge in [-0.1, -0.05) is 0 Å². The molecule has 5 heteroatoms. The first kappa shape index (κ1) is 44.8. The van der Waals surface area contributed by atoms with Crippen molar-refractivity contribution in [2.24, 2.45) is 0 Å². The van der Waals surface area contributed by atoms with Gasteiger partial charge in [0.05, 0.1) is 0 Å². The summed E-state index contributed by atoms with van der Waals surface area (Å²) in [5, 5.41) is 0. The Balaban J connectivity index is 0. The first-order valence-corrected chi connectivity index (χ1v) is 0. The summed E-state index contributed by atoms with van der Waals surface area (Å²) in [5.74, 6) is 0. The molecule has 5 heavy (non-hydrogen) atoms. The van der Waals surface area contributed by atoms with Gasteiger partial charge in [0, 0.05) is 92.5 Å². The monoisotopic (exact) mass is 455 g/mol. The van der Waals surface area contributed by atoms with Crippen LogP contribution < -0.4 is 0 Å². The van der Waals surface area contributed by atoms with E-state index in [2.05, 4.69) is 0 Å². The molecule has 0 saturated heterocycles. The summed E-state index contributed by atoms with van der Waals surface area (Å²) in [5.41, 5.74) is 0. The van der Waals surface area contributed by atoms with E-state index in [4.69, 9.17) is 0 Å². The van der Waals surface area contributed by atoms with Crippen LogP contribution in [-0.4, -0.2) is 0 Å². The van der Waals surface area contributed by atoms with E-state index in [1.807, 2.05) is 0 Å². The van der Waals surface area contributed by atoms with Gasteiger partial charge in [0.25, 0.3) is 0 Å². The normalized spacial score (nSPS) is 0. The summed E-state index contributed by atoms with van der Waals surface area (Å²) in [6, 6.07) is 0. The summed E-state index contributed by atoms with van der Waals surface area (Å²) < 4.78 is 0. The molecule has 0 aromatic heterocycles. The number of hydrogen-bond donors (Lipinski definition) is 0. The molecule has 0 aromatic rings. The van der Waals surface area contributed by atoms with Crippen molar-refractivity contribution in [1.29, 1.82) is 0 Å². The van der Waals surface area contributed by atoms with Crippen LogP contribution in [0.3, 0.4) is 0 Å². The minimum Gasteiger partial charge on any atom is 0 e. The standard InChI is InChI=1S/Co.Fe.Mo.Ni.W. The Bertz CT molecular complexity index is 11.6. The maximum Gasteiger partial charge on any atom is 0 e. The van der Waals surface area contributed by atoms with Gasteiger partial charge in [-0.3, -0.25) is 0 Å². The van der Waals surface area contributed by atoms with Gasteiger partial charge in [-0.2, -0.15) is 0 Å². The zero-order valence-electron chi connectivity index (χ0n) is 1.82. The molecule has 0 heterocycles. The topological polar surface area (TPSA) is 0 Å². The van der Waals surface area contributed by atoms with Crippen LogP contribution in [0.2, 0.25) is 0 Å². The molecule has 0 aliphatic heterocycles. The van der Waals surface area contributed by atoms with Crippen LogP contribution >= 0.6 is 0 Å². The molecule has 39 valence electrons. The van der Waals surface area contributed by atoms with Crippen LogP contribution in [0.4, 0.5) is 0 Å². The third-order valence-corrected chi connectivity index (χ3v) is 0. The zero-order chi connectivity index (χ0) is 0. The van der Waals surface area contributed by atoms with Crippen LogP contribution in [-0.2, 0) is 92.5 Å². The van der Waals surface area contributed by atoms with Crippen LogP contribution in [0.25, 0.3) is 0 Å². The van der Waals surface area contributed by atoms with Gasteiger partial charge in [0.2, 0.25) is 0 Å². The molecule has 0 aliphatic carbocycles. The van der Waals surface area contributed by atoms with E-state index >= 15 is 0 Å². The second kappa shape index (κ2) is 28.6. The van der Waals surface area contributed by atoms with Crippen molar-refractivity contribution < 1.29 is 92.5 Å². The third-order valence-electron chi connectivity index (χ3n) is 0. The van der Waals surface area contributed by atoms with Crippen molar-refractivity contribution in [2.75, 3.05) is 0 Å². The fraction of sp³-hybridized carbons (Fsp3) is 0. The Hall–Kier alpha value is 2.90. The van der Waals surface area contributed by atoms with E-state index in [-0.39, 0.29) is 92.5 Å². The molecule has 0 amide bonds. The SMILES string of the molecule is [Co].[Fe].[Mo].[Ni].[W]. The zero-order valence-corrected chi connectivity index (χ0v) is 9.89. The fourth-order valence-electron chi connectivity index (χ4n) is 0. The Morgan fingerprint density at radius 1 is 1.00 bits per heavy atom. The molecule has 0 N–H and O–H groups in total. The predicted molar refractivity (Wildman–Crippen MR) is 0 cm³/mol. The van der Waals surface area contributed by atoms with E-state index in [0.29, 0.717) is 0 Å². The minimum absolute atomic E-state index is 0. The average Bonchev–Trinajstić information content (AvgIpc) is 0. The third kappa shape index (κ3) is 19.7. The van der Waals surface area contributed by atoms with Crippen molar-refractivity contribution in [3.05, 3.63) is 0 Å². The fourth-order valence-corrected chi connectivity index (χ4v) is 0. The summed E-state index contributed by atoms with van der Waals surface area (Å²) in [7, 11) is 0. The molecule has 0 spiro atoms. The van der Waals surface area contributed by atoms with Gasteiger partial charge in [-0.25, -0.2) is 0 Å². The van der Waals surface area contributed by atoms with Gasteiger partial charge in [-0.05, 0) is 0 Å². The quantitative estimate of drug-likeness (QED) is 0.453. The maximum atomic E-state index is 0. The molecule has 0 saturated carbocycles. The number of hydrogen-bond acceptors (Lipinski definition) is 0. The van der Waals surface area contributed by atoms with E-state index < -0.39 is 0 Å². The molecule has 0 rings (SSSR count). The second-order valence-electron chi connectivity index (χ2n) is 0. The van der Waals surface area contributed by atoms with E-state index in [1.54, 1.807) is 0 Å². The summed E-state index contributed by atoms with van der Waals surface area (Å²) in [4.78, 5) is 0. The van der Waals surface area contributed by atoms with Crippen LogP contribution in [0.15, 0.2) is 0 Å². The van der Waals surface area contributed by atoms with E-state index in [1.165, 1.54) is 0 Å². The first-order chi connectivity index (χ1) is 0. The van der Waals surface area contributed by atoms with E-state index in [9.17, 15) is 0 Å². The molecule has 1 radical (unpaired) electrons. The van der Waals surface area contributed by atoms with Gasteiger partial charge in [-0.15, -0.1) is 0 Å². The van der Waals surface area contributed by atoms with E-state index in [0.717, 1.165) is 0 Å². The van der Waals surface area contributed by atoms with Crippen LogP contribution in [0.5, 0.6) is 0 Å². The van der Waals surface area contributed by atoms with Crippen molar-refractivity contribution in [3.63, 3.8) is 0 Å². The maximum absolute atomic E-state index is 0. The predicted octanol–water partition coefficient (Wildman–Crippen LogP) is -0.0125. The molecule has 0 atom stereocenters. The first-order valence-electron chi connectivity index (χ1n) is 0. The summed E-state index contributed by atoms with van der Waals surface area (Å²) in [6.07, 6.45) is 0. The van der Waals surface area contributed by atoms with Gasteiger partial charge < -0.3 is 0 Å². The Labute approximate surface area is 91.1 Å². The van der Waals surface area contributed by atoms with Gasteiger partial charge in [0.15, 0.2) is 0 Å². The largest absolute Gasteiger partial charge is 0 e.